The molecular formula is C18H26N6O2. The molecule has 0 unspecified atom stereocenters. The Labute approximate surface area is 153 Å². The Kier molecular flexibility index (Phi) is 4.14. The van der Waals surface area contributed by atoms with Gasteiger partial charge in [0.2, 0.25) is 0 Å². The van der Waals surface area contributed by atoms with Gasteiger partial charge in [-0.25, -0.2) is 14.5 Å². The van der Waals surface area contributed by atoms with Crippen LogP contribution in [-0.4, -0.2) is 56.5 Å². The molecule has 1 aliphatic heterocycles. The van der Waals surface area contributed by atoms with Crippen LogP contribution in [0.25, 0.3) is 0 Å². The Bertz CT molecular complexity index is 738. The number of nitrogens with one attached hydrogen (secondary N) is 1. The van der Waals surface area contributed by atoms with Gasteiger partial charge >= 0.3 is 6.03 Å². The van der Waals surface area contributed by atoms with E-state index in [0.29, 0.717) is 32.1 Å². The summed E-state index contributed by atoms with van der Waals surface area (Å²) in [5.74, 6) is 1.49. The van der Waals surface area contributed by atoms with Crippen molar-refractivity contribution in [2.75, 3.05) is 19.6 Å². The molecule has 2 amide bonds. The Morgan fingerprint density at radius 3 is 2.96 bits per heavy atom. The number of carbonyl (C=O) groups excluding carboxylic acids is 1. The predicted molar refractivity (Wildman–Crippen MR) is 93.1 cm³/mol. The van der Waals surface area contributed by atoms with Crippen LogP contribution in [0.15, 0.2) is 6.33 Å². The maximum atomic E-state index is 12.7. The quantitative estimate of drug-likeness (QED) is 0.884. The van der Waals surface area contributed by atoms with E-state index in [9.17, 15) is 4.79 Å². The molecule has 3 atom stereocenters. The standard InChI is InChI=1S/C18H26N6O2/c1-17(2)10-23(11-18(26-17)8-13-3-4-14(18)7-13)16(25)20-5-6-24-12-21-15(9-19)22-24/h12-14H,3-8,10-11H2,1-2H3,(H,20,25)/t13-,14+,18+/m1/s1. The van der Waals surface area contributed by atoms with Gasteiger partial charge in [-0.15, -0.1) is 5.10 Å². The third kappa shape index (κ3) is 3.16. The van der Waals surface area contributed by atoms with E-state index in [0.717, 1.165) is 12.3 Å². The molecule has 4 rings (SSSR count). The van der Waals surface area contributed by atoms with Crippen LogP contribution in [0.1, 0.15) is 45.4 Å². The first-order chi connectivity index (χ1) is 12.4. The second kappa shape index (κ2) is 6.23. The summed E-state index contributed by atoms with van der Waals surface area (Å²) in [6.45, 7) is 6.39. The third-order valence-corrected chi connectivity index (χ3v) is 5.97. The normalized spacial score (nSPS) is 32.0. The van der Waals surface area contributed by atoms with Gasteiger partial charge in [0.15, 0.2) is 0 Å². The number of hydrogen-bond donors (Lipinski definition) is 1. The fraction of sp³-hybridized carbons (Fsp3) is 0.778. The topological polar surface area (TPSA) is 96.1 Å². The van der Waals surface area contributed by atoms with Crippen molar-refractivity contribution in [3.8, 4) is 6.07 Å². The minimum absolute atomic E-state index is 0.0517. The molecule has 8 nitrogen and oxygen atoms in total. The molecule has 8 heteroatoms. The van der Waals surface area contributed by atoms with E-state index in [1.165, 1.54) is 25.6 Å². The first-order valence-electron chi connectivity index (χ1n) is 9.42. The summed E-state index contributed by atoms with van der Waals surface area (Å²) in [5, 5.41) is 15.7. The lowest BCUT2D eigenvalue weighted by Crippen LogP contribution is -2.64. The van der Waals surface area contributed by atoms with Crippen LogP contribution in [0.4, 0.5) is 4.79 Å². The molecule has 26 heavy (non-hydrogen) atoms. The zero-order valence-electron chi connectivity index (χ0n) is 15.4. The highest BCUT2D eigenvalue weighted by Crippen LogP contribution is 2.55. The van der Waals surface area contributed by atoms with Crippen molar-refractivity contribution in [3.05, 3.63) is 12.2 Å². The van der Waals surface area contributed by atoms with E-state index in [1.807, 2.05) is 11.0 Å². The van der Waals surface area contributed by atoms with Crippen molar-refractivity contribution in [2.24, 2.45) is 11.8 Å². The largest absolute Gasteiger partial charge is 0.365 e. The molecule has 2 heterocycles. The molecule has 3 aliphatic rings. The van der Waals surface area contributed by atoms with Crippen molar-refractivity contribution in [2.45, 2.75) is 57.3 Å². The van der Waals surface area contributed by atoms with Gasteiger partial charge in [-0.05, 0) is 51.4 Å². The summed E-state index contributed by atoms with van der Waals surface area (Å²) in [6.07, 6.45) is 6.38. The smallest absolute Gasteiger partial charge is 0.317 e. The molecule has 140 valence electrons. The zero-order chi connectivity index (χ0) is 18.4. The summed E-state index contributed by atoms with van der Waals surface area (Å²) < 4.78 is 8.12. The minimum atomic E-state index is -0.326. The zero-order valence-corrected chi connectivity index (χ0v) is 15.4. The fourth-order valence-corrected chi connectivity index (χ4v) is 5.15. The first-order valence-corrected chi connectivity index (χ1v) is 9.42. The predicted octanol–water partition coefficient (Wildman–Crippen LogP) is 1.53. The maximum Gasteiger partial charge on any atom is 0.317 e. The fourth-order valence-electron chi connectivity index (χ4n) is 5.15. The molecular weight excluding hydrogens is 332 g/mol. The highest BCUT2D eigenvalue weighted by atomic mass is 16.5. The Morgan fingerprint density at radius 1 is 1.46 bits per heavy atom. The number of nitriles is 1. The summed E-state index contributed by atoms with van der Waals surface area (Å²) in [4.78, 5) is 18.5. The molecule has 3 fully saturated rings. The van der Waals surface area contributed by atoms with Crippen LogP contribution in [0, 0.1) is 23.2 Å². The second-order valence-electron chi connectivity index (χ2n) is 8.54. The van der Waals surface area contributed by atoms with Gasteiger partial charge < -0.3 is 15.0 Å². The van der Waals surface area contributed by atoms with Crippen LogP contribution in [0.3, 0.4) is 0 Å². The van der Waals surface area contributed by atoms with Gasteiger partial charge in [0, 0.05) is 6.54 Å². The lowest BCUT2D eigenvalue weighted by Gasteiger charge is -2.52. The van der Waals surface area contributed by atoms with Crippen LogP contribution < -0.4 is 5.32 Å². The number of aromatic nitrogens is 3. The maximum absolute atomic E-state index is 12.7. The minimum Gasteiger partial charge on any atom is -0.365 e. The van der Waals surface area contributed by atoms with Crippen molar-refractivity contribution in [1.82, 2.24) is 25.0 Å². The van der Waals surface area contributed by atoms with Crippen molar-refractivity contribution in [3.63, 3.8) is 0 Å². The highest BCUT2D eigenvalue weighted by molar-refractivity contribution is 5.74. The van der Waals surface area contributed by atoms with Gasteiger partial charge in [-0.1, -0.05) is 0 Å². The van der Waals surface area contributed by atoms with Gasteiger partial charge in [0.05, 0.1) is 30.8 Å². The van der Waals surface area contributed by atoms with E-state index in [1.54, 1.807) is 4.68 Å². The average Bonchev–Trinajstić information content (AvgIpc) is 3.28. The van der Waals surface area contributed by atoms with E-state index >= 15 is 0 Å². The highest BCUT2D eigenvalue weighted by Gasteiger charge is 2.57. The van der Waals surface area contributed by atoms with Crippen molar-refractivity contribution in [1.29, 1.82) is 5.26 Å². The number of amides is 2. The summed E-state index contributed by atoms with van der Waals surface area (Å²) in [7, 11) is 0. The number of ether oxygens (including phenoxy) is 1. The molecule has 1 spiro atoms. The lowest BCUT2D eigenvalue weighted by molar-refractivity contribution is -0.208. The molecule has 2 bridgehead atoms. The molecule has 1 N–H and O–H groups in total. The number of nitrogens with zero attached hydrogens (tertiary/aromatic N) is 5. The molecule has 2 aliphatic carbocycles. The van der Waals surface area contributed by atoms with E-state index in [2.05, 4.69) is 29.2 Å². The molecule has 1 aromatic rings. The number of urea groups is 1. The molecule has 1 aromatic heterocycles. The lowest BCUT2D eigenvalue weighted by atomic mass is 9.81. The SMILES string of the molecule is CC1(C)CN(C(=O)NCCn2cnc(C#N)n2)C[C@]2(C[C@@H]3CC[C@H]2C3)O1. The monoisotopic (exact) mass is 358 g/mol. The number of carbonyl (C=O) groups is 1. The second-order valence-corrected chi connectivity index (χ2v) is 8.54. The van der Waals surface area contributed by atoms with Crippen LogP contribution in [-0.2, 0) is 11.3 Å². The van der Waals surface area contributed by atoms with Crippen LogP contribution in [0.5, 0.6) is 0 Å². The van der Waals surface area contributed by atoms with Gasteiger partial charge in [0.25, 0.3) is 5.82 Å². The van der Waals surface area contributed by atoms with Gasteiger partial charge in [-0.2, -0.15) is 5.26 Å². The first kappa shape index (κ1) is 17.3. The Morgan fingerprint density at radius 2 is 2.31 bits per heavy atom. The Balaban J connectivity index is 1.37. The van der Waals surface area contributed by atoms with E-state index < -0.39 is 0 Å². The number of fused-ring (bicyclic) bond motifs is 3. The van der Waals surface area contributed by atoms with Gasteiger partial charge in [-0.3, -0.25) is 0 Å². The van der Waals surface area contributed by atoms with Crippen LogP contribution in [0.2, 0.25) is 0 Å². The average molecular weight is 358 g/mol. The number of rotatable bonds is 3. The summed E-state index contributed by atoms with van der Waals surface area (Å²) >= 11 is 0. The van der Waals surface area contributed by atoms with Crippen LogP contribution >= 0.6 is 0 Å². The van der Waals surface area contributed by atoms with Gasteiger partial charge in [0.1, 0.15) is 12.4 Å². The molecule has 0 aromatic carbocycles. The number of hydrogen-bond acceptors (Lipinski definition) is 5. The Hall–Kier alpha value is -2.14. The molecule has 0 radical (unpaired) electrons. The summed E-state index contributed by atoms with van der Waals surface area (Å²) in [5.41, 5.74) is -0.483. The molecule has 1 saturated heterocycles. The summed E-state index contributed by atoms with van der Waals surface area (Å²) in [6, 6.07) is 1.84. The molecule has 2 saturated carbocycles. The van der Waals surface area contributed by atoms with E-state index in [-0.39, 0.29) is 23.1 Å². The van der Waals surface area contributed by atoms with E-state index in [4.69, 9.17) is 10.00 Å². The van der Waals surface area contributed by atoms with Crippen molar-refractivity contribution >= 4 is 6.03 Å². The third-order valence-electron chi connectivity index (χ3n) is 5.97. The number of morpholine rings is 1. The van der Waals surface area contributed by atoms with Crippen molar-refractivity contribution < 1.29 is 9.53 Å².